The first-order valence-electron chi connectivity index (χ1n) is 6.56. The Bertz CT molecular complexity index is 466. The largest absolute Gasteiger partial charge is 0.383 e. The molecular weight excluding hydrogens is 244 g/mol. The third-order valence-corrected chi connectivity index (χ3v) is 5.38. The van der Waals surface area contributed by atoms with Crippen molar-refractivity contribution in [1.82, 2.24) is 9.97 Å². The van der Waals surface area contributed by atoms with E-state index in [0.29, 0.717) is 16.5 Å². The first kappa shape index (κ1) is 12.1. The fourth-order valence-electron chi connectivity index (χ4n) is 2.09. The van der Waals surface area contributed by atoms with E-state index in [1.807, 2.05) is 18.7 Å². The van der Waals surface area contributed by atoms with Crippen LogP contribution in [0.25, 0.3) is 0 Å². The molecule has 2 aliphatic rings. The lowest BCUT2D eigenvalue weighted by Crippen LogP contribution is -2.19. The first-order valence-corrected chi connectivity index (χ1v) is 7.79. The Morgan fingerprint density at radius 3 is 2.67 bits per heavy atom. The van der Waals surface area contributed by atoms with Gasteiger partial charge in [0.05, 0.1) is 0 Å². The topological polar surface area (TPSA) is 63.8 Å². The van der Waals surface area contributed by atoms with Crippen LogP contribution in [0.1, 0.15) is 43.0 Å². The molecule has 0 radical (unpaired) electrons. The summed E-state index contributed by atoms with van der Waals surface area (Å²) >= 11 is 1.95. The molecule has 4 nitrogen and oxygen atoms in total. The maximum Gasteiger partial charge on any atom is 0.136 e. The SMILES string of the molecule is CSC1(CNc2nc(C3CC3)nc(N)c2C)CC1. The summed E-state index contributed by atoms with van der Waals surface area (Å²) in [6.07, 6.45) is 7.20. The van der Waals surface area contributed by atoms with E-state index in [0.717, 1.165) is 23.8 Å². The molecule has 0 aliphatic heterocycles. The molecular formula is C13H20N4S. The van der Waals surface area contributed by atoms with E-state index in [9.17, 15) is 0 Å². The number of nitrogens with one attached hydrogen (secondary N) is 1. The van der Waals surface area contributed by atoms with E-state index in [1.165, 1.54) is 25.7 Å². The van der Waals surface area contributed by atoms with Crippen LogP contribution >= 0.6 is 11.8 Å². The minimum Gasteiger partial charge on any atom is -0.383 e. The van der Waals surface area contributed by atoms with E-state index in [2.05, 4.69) is 21.5 Å². The van der Waals surface area contributed by atoms with Gasteiger partial charge in [0.2, 0.25) is 0 Å². The molecule has 2 saturated carbocycles. The minimum atomic E-state index is 0.436. The molecule has 0 aromatic carbocycles. The standard InChI is InChI=1S/C13H20N4S/c1-8-10(14)16-12(9-3-4-9)17-11(8)15-7-13(18-2)5-6-13/h9H,3-7H2,1-2H3,(H3,14,15,16,17). The van der Waals surface area contributed by atoms with Crippen LogP contribution in [0.15, 0.2) is 0 Å². The van der Waals surface area contributed by atoms with Gasteiger partial charge in [-0.05, 0) is 38.9 Å². The molecule has 0 unspecified atom stereocenters. The summed E-state index contributed by atoms with van der Waals surface area (Å²) in [7, 11) is 0. The second-order valence-corrected chi connectivity index (χ2v) is 6.73. The highest BCUT2D eigenvalue weighted by Gasteiger charge is 2.41. The maximum absolute atomic E-state index is 5.98. The second kappa shape index (κ2) is 4.30. The molecule has 0 amide bonds. The molecule has 18 heavy (non-hydrogen) atoms. The fraction of sp³-hybridized carbons (Fsp3) is 0.692. The fourth-order valence-corrected chi connectivity index (χ4v) is 2.81. The van der Waals surface area contributed by atoms with E-state index in [1.54, 1.807) is 0 Å². The van der Waals surface area contributed by atoms with Crippen molar-refractivity contribution in [1.29, 1.82) is 0 Å². The van der Waals surface area contributed by atoms with Crippen molar-refractivity contribution in [3.63, 3.8) is 0 Å². The quantitative estimate of drug-likeness (QED) is 0.855. The van der Waals surface area contributed by atoms with Gasteiger partial charge in [0.25, 0.3) is 0 Å². The van der Waals surface area contributed by atoms with Gasteiger partial charge >= 0.3 is 0 Å². The summed E-state index contributed by atoms with van der Waals surface area (Å²) in [6, 6.07) is 0. The molecule has 0 saturated heterocycles. The highest BCUT2D eigenvalue weighted by atomic mass is 32.2. The molecule has 5 heteroatoms. The Hall–Kier alpha value is -0.970. The van der Waals surface area contributed by atoms with Gasteiger partial charge < -0.3 is 11.1 Å². The number of anilines is 2. The van der Waals surface area contributed by atoms with Crippen LogP contribution in [0.3, 0.4) is 0 Å². The van der Waals surface area contributed by atoms with Crippen LogP contribution in [-0.2, 0) is 0 Å². The minimum absolute atomic E-state index is 0.436. The van der Waals surface area contributed by atoms with Crippen LogP contribution in [-0.4, -0.2) is 27.5 Å². The second-order valence-electron chi connectivity index (χ2n) is 5.46. The molecule has 0 spiro atoms. The number of rotatable bonds is 5. The summed E-state index contributed by atoms with van der Waals surface area (Å²) in [5, 5.41) is 3.48. The number of aromatic nitrogens is 2. The maximum atomic E-state index is 5.98. The zero-order valence-corrected chi connectivity index (χ0v) is 11.8. The van der Waals surface area contributed by atoms with Crippen molar-refractivity contribution < 1.29 is 0 Å². The predicted molar refractivity (Wildman–Crippen MR) is 77.1 cm³/mol. The monoisotopic (exact) mass is 264 g/mol. The van der Waals surface area contributed by atoms with Gasteiger partial charge in [-0.2, -0.15) is 11.8 Å². The van der Waals surface area contributed by atoms with Gasteiger partial charge in [-0.3, -0.25) is 0 Å². The molecule has 0 atom stereocenters. The Kier molecular flexibility index (Phi) is 2.88. The number of thioether (sulfide) groups is 1. The lowest BCUT2D eigenvalue weighted by Gasteiger charge is -2.16. The van der Waals surface area contributed by atoms with Crippen molar-refractivity contribution >= 4 is 23.4 Å². The van der Waals surface area contributed by atoms with Crippen molar-refractivity contribution in [2.75, 3.05) is 23.9 Å². The predicted octanol–water partition coefficient (Wildman–Crippen LogP) is 2.55. The molecule has 3 N–H and O–H groups in total. The van der Waals surface area contributed by atoms with Crippen LogP contribution < -0.4 is 11.1 Å². The van der Waals surface area contributed by atoms with Crippen LogP contribution in [0.2, 0.25) is 0 Å². The van der Waals surface area contributed by atoms with E-state index in [4.69, 9.17) is 5.73 Å². The summed E-state index contributed by atoms with van der Waals surface area (Å²) in [4.78, 5) is 9.05. The molecule has 98 valence electrons. The average molecular weight is 264 g/mol. The van der Waals surface area contributed by atoms with Gasteiger partial charge in [-0.15, -0.1) is 0 Å². The van der Waals surface area contributed by atoms with Crippen LogP contribution in [0.4, 0.5) is 11.6 Å². The molecule has 0 bridgehead atoms. The average Bonchev–Trinajstić information content (AvgIpc) is 3.26. The van der Waals surface area contributed by atoms with Crippen molar-refractivity contribution in [2.45, 2.75) is 43.3 Å². The third-order valence-electron chi connectivity index (χ3n) is 3.96. The number of hydrogen-bond acceptors (Lipinski definition) is 5. The van der Waals surface area contributed by atoms with E-state index >= 15 is 0 Å². The molecule has 1 aromatic rings. The molecule has 1 aromatic heterocycles. The Labute approximate surface area is 112 Å². The summed E-state index contributed by atoms with van der Waals surface area (Å²) < 4.78 is 0.436. The zero-order valence-electron chi connectivity index (χ0n) is 11.0. The first-order chi connectivity index (χ1) is 8.63. The molecule has 3 rings (SSSR count). The van der Waals surface area contributed by atoms with Crippen molar-refractivity contribution in [3.05, 3.63) is 11.4 Å². The van der Waals surface area contributed by atoms with Gasteiger partial charge in [-0.25, -0.2) is 9.97 Å². The van der Waals surface area contributed by atoms with Gasteiger partial charge in [0, 0.05) is 22.8 Å². The highest BCUT2D eigenvalue weighted by Crippen LogP contribution is 2.47. The Morgan fingerprint density at radius 2 is 2.11 bits per heavy atom. The van der Waals surface area contributed by atoms with E-state index < -0.39 is 0 Å². The number of nitrogens with two attached hydrogens (primary N) is 1. The smallest absolute Gasteiger partial charge is 0.136 e. The third kappa shape index (κ3) is 2.28. The number of nitrogen functional groups attached to an aromatic ring is 1. The lowest BCUT2D eigenvalue weighted by atomic mass is 10.2. The number of nitrogens with zero attached hydrogens (tertiary/aromatic N) is 2. The number of hydrogen-bond donors (Lipinski definition) is 2. The summed E-state index contributed by atoms with van der Waals surface area (Å²) in [6.45, 7) is 2.97. The van der Waals surface area contributed by atoms with Crippen molar-refractivity contribution in [2.24, 2.45) is 0 Å². The highest BCUT2D eigenvalue weighted by molar-refractivity contribution is 8.00. The Morgan fingerprint density at radius 1 is 1.39 bits per heavy atom. The summed E-state index contributed by atoms with van der Waals surface area (Å²) in [5.74, 6) is 3.03. The van der Waals surface area contributed by atoms with Crippen LogP contribution in [0, 0.1) is 6.92 Å². The van der Waals surface area contributed by atoms with Crippen LogP contribution in [0.5, 0.6) is 0 Å². The normalized spacial score (nSPS) is 20.8. The summed E-state index contributed by atoms with van der Waals surface area (Å²) in [5.41, 5.74) is 6.96. The van der Waals surface area contributed by atoms with Gasteiger partial charge in [0.1, 0.15) is 17.5 Å². The molecule has 2 aliphatic carbocycles. The van der Waals surface area contributed by atoms with Crippen molar-refractivity contribution in [3.8, 4) is 0 Å². The molecule has 2 fully saturated rings. The van der Waals surface area contributed by atoms with Gasteiger partial charge in [0.15, 0.2) is 0 Å². The van der Waals surface area contributed by atoms with E-state index in [-0.39, 0.29) is 0 Å². The zero-order chi connectivity index (χ0) is 12.8. The van der Waals surface area contributed by atoms with Gasteiger partial charge in [-0.1, -0.05) is 0 Å². The Balaban J connectivity index is 1.77. The lowest BCUT2D eigenvalue weighted by molar-refractivity contribution is 0.895. The molecule has 1 heterocycles.